The molecule has 0 aliphatic carbocycles. The molecular weight excluding hydrogens is 234 g/mol. The summed E-state index contributed by atoms with van der Waals surface area (Å²) in [5.41, 5.74) is 0. The van der Waals surface area contributed by atoms with Gasteiger partial charge in [0, 0.05) is 29.3 Å². The van der Waals surface area contributed by atoms with Crippen molar-refractivity contribution in [3.63, 3.8) is 0 Å². The Morgan fingerprint density at radius 3 is 2.94 bits per heavy atom. The van der Waals surface area contributed by atoms with Crippen LogP contribution in [0.5, 0.6) is 0 Å². The second kappa shape index (κ2) is 5.96. The first-order valence-electron chi connectivity index (χ1n) is 6.25. The standard InChI is InChI=1S/C13H21NO2S/c1-3-10-4-5-11(17-10)8-12(15)13-9-14(2)6-7-16-13/h4-5,12-13,15H,3,6-9H2,1-2H3. The van der Waals surface area contributed by atoms with Crippen LogP contribution >= 0.6 is 11.3 Å². The maximum Gasteiger partial charge on any atom is 0.0964 e. The highest BCUT2D eigenvalue weighted by Crippen LogP contribution is 2.20. The minimum absolute atomic E-state index is 0.0408. The first kappa shape index (κ1) is 13.0. The molecule has 0 aromatic carbocycles. The Hall–Kier alpha value is -0.420. The summed E-state index contributed by atoms with van der Waals surface area (Å²) in [5, 5.41) is 10.2. The number of nitrogens with zero attached hydrogens (tertiary/aromatic N) is 1. The molecule has 1 aromatic heterocycles. The molecule has 1 N–H and O–H groups in total. The average molecular weight is 255 g/mol. The van der Waals surface area contributed by atoms with E-state index < -0.39 is 0 Å². The molecule has 1 saturated heterocycles. The third-order valence-corrected chi connectivity index (χ3v) is 4.45. The Morgan fingerprint density at radius 1 is 1.53 bits per heavy atom. The largest absolute Gasteiger partial charge is 0.390 e. The van der Waals surface area contributed by atoms with Gasteiger partial charge in [0.15, 0.2) is 0 Å². The molecule has 0 amide bonds. The molecule has 1 aliphatic heterocycles. The second-order valence-electron chi connectivity index (χ2n) is 4.66. The highest BCUT2D eigenvalue weighted by atomic mass is 32.1. The molecular formula is C13H21NO2S. The van der Waals surface area contributed by atoms with Crippen molar-refractivity contribution >= 4 is 11.3 Å². The van der Waals surface area contributed by atoms with E-state index in [1.54, 1.807) is 11.3 Å². The van der Waals surface area contributed by atoms with Crippen LogP contribution in [-0.4, -0.2) is 49.0 Å². The third kappa shape index (κ3) is 3.52. The Labute approximate surface area is 107 Å². The van der Waals surface area contributed by atoms with Crippen molar-refractivity contribution in [3.05, 3.63) is 21.9 Å². The van der Waals surface area contributed by atoms with Gasteiger partial charge in [-0.15, -0.1) is 11.3 Å². The zero-order valence-corrected chi connectivity index (χ0v) is 11.4. The van der Waals surface area contributed by atoms with Gasteiger partial charge in [-0.3, -0.25) is 0 Å². The highest BCUT2D eigenvalue weighted by Gasteiger charge is 2.25. The van der Waals surface area contributed by atoms with Crippen LogP contribution in [0.2, 0.25) is 0 Å². The normalized spacial score (nSPS) is 23.8. The van der Waals surface area contributed by atoms with E-state index in [1.165, 1.54) is 9.75 Å². The van der Waals surface area contributed by atoms with E-state index in [0.717, 1.165) is 26.1 Å². The van der Waals surface area contributed by atoms with Gasteiger partial charge in [-0.2, -0.15) is 0 Å². The topological polar surface area (TPSA) is 32.7 Å². The molecule has 0 saturated carbocycles. The van der Waals surface area contributed by atoms with Gasteiger partial charge in [-0.05, 0) is 25.6 Å². The lowest BCUT2D eigenvalue weighted by molar-refractivity contribution is -0.0821. The monoisotopic (exact) mass is 255 g/mol. The lowest BCUT2D eigenvalue weighted by Gasteiger charge is -2.32. The molecule has 1 aliphatic rings. The van der Waals surface area contributed by atoms with Crippen molar-refractivity contribution in [2.75, 3.05) is 26.7 Å². The summed E-state index contributed by atoms with van der Waals surface area (Å²) >= 11 is 1.80. The molecule has 2 atom stereocenters. The van der Waals surface area contributed by atoms with Crippen molar-refractivity contribution in [1.82, 2.24) is 4.90 Å². The number of rotatable bonds is 4. The SMILES string of the molecule is CCc1ccc(CC(O)C2CN(C)CCO2)s1. The Bertz CT molecular complexity index is 353. The molecule has 2 heterocycles. The second-order valence-corrected chi connectivity index (χ2v) is 5.92. The number of aliphatic hydroxyl groups excluding tert-OH is 1. The van der Waals surface area contributed by atoms with Crippen molar-refractivity contribution < 1.29 is 9.84 Å². The van der Waals surface area contributed by atoms with Gasteiger partial charge in [0.1, 0.15) is 0 Å². The smallest absolute Gasteiger partial charge is 0.0964 e. The van der Waals surface area contributed by atoms with Crippen LogP contribution in [0.4, 0.5) is 0 Å². The molecule has 0 radical (unpaired) electrons. The summed E-state index contributed by atoms with van der Waals surface area (Å²) in [6.45, 7) is 4.67. The summed E-state index contributed by atoms with van der Waals surface area (Å²) < 4.78 is 5.63. The van der Waals surface area contributed by atoms with Crippen LogP contribution in [0.1, 0.15) is 16.7 Å². The van der Waals surface area contributed by atoms with E-state index in [2.05, 4.69) is 31.0 Å². The molecule has 4 heteroatoms. The van der Waals surface area contributed by atoms with E-state index in [-0.39, 0.29) is 12.2 Å². The summed E-state index contributed by atoms with van der Waals surface area (Å²) in [5.74, 6) is 0. The first-order valence-corrected chi connectivity index (χ1v) is 7.06. The van der Waals surface area contributed by atoms with Crippen LogP contribution in [0, 0.1) is 0 Å². The summed E-state index contributed by atoms with van der Waals surface area (Å²) in [6.07, 6.45) is 1.36. The van der Waals surface area contributed by atoms with Gasteiger partial charge < -0.3 is 14.7 Å². The maximum absolute atomic E-state index is 10.2. The quantitative estimate of drug-likeness (QED) is 0.886. The molecule has 96 valence electrons. The molecule has 1 fully saturated rings. The van der Waals surface area contributed by atoms with Crippen molar-refractivity contribution in [2.45, 2.75) is 32.0 Å². The van der Waals surface area contributed by atoms with Crippen LogP contribution < -0.4 is 0 Å². The van der Waals surface area contributed by atoms with Crippen LogP contribution in [-0.2, 0) is 17.6 Å². The zero-order chi connectivity index (χ0) is 12.3. The minimum Gasteiger partial charge on any atom is -0.390 e. The summed E-state index contributed by atoms with van der Waals surface area (Å²) in [4.78, 5) is 4.85. The van der Waals surface area contributed by atoms with Crippen LogP contribution in [0.15, 0.2) is 12.1 Å². The number of thiophene rings is 1. The van der Waals surface area contributed by atoms with Gasteiger partial charge in [-0.1, -0.05) is 6.92 Å². The molecule has 1 aromatic rings. The van der Waals surface area contributed by atoms with Gasteiger partial charge >= 0.3 is 0 Å². The Morgan fingerprint density at radius 2 is 2.29 bits per heavy atom. The molecule has 17 heavy (non-hydrogen) atoms. The van der Waals surface area contributed by atoms with Crippen molar-refractivity contribution in [3.8, 4) is 0 Å². The fourth-order valence-electron chi connectivity index (χ4n) is 2.10. The Balaban J connectivity index is 1.89. The predicted octanol–water partition coefficient (Wildman–Crippen LogP) is 1.54. The van der Waals surface area contributed by atoms with Gasteiger partial charge in [0.05, 0.1) is 18.8 Å². The fourth-order valence-corrected chi connectivity index (χ4v) is 3.11. The average Bonchev–Trinajstić information content (AvgIpc) is 2.77. The summed E-state index contributed by atoms with van der Waals surface area (Å²) in [6, 6.07) is 4.28. The third-order valence-electron chi connectivity index (χ3n) is 3.20. The lowest BCUT2D eigenvalue weighted by atomic mass is 10.1. The van der Waals surface area contributed by atoms with E-state index in [1.807, 2.05) is 0 Å². The van der Waals surface area contributed by atoms with Crippen LogP contribution in [0.25, 0.3) is 0 Å². The number of aliphatic hydroxyl groups is 1. The van der Waals surface area contributed by atoms with E-state index in [4.69, 9.17) is 4.74 Å². The van der Waals surface area contributed by atoms with E-state index in [9.17, 15) is 5.11 Å². The summed E-state index contributed by atoms with van der Waals surface area (Å²) in [7, 11) is 2.07. The molecule has 3 nitrogen and oxygen atoms in total. The molecule has 2 unspecified atom stereocenters. The lowest BCUT2D eigenvalue weighted by Crippen LogP contribution is -2.46. The van der Waals surface area contributed by atoms with Gasteiger partial charge in [0.25, 0.3) is 0 Å². The number of ether oxygens (including phenoxy) is 1. The number of hydrogen-bond acceptors (Lipinski definition) is 4. The van der Waals surface area contributed by atoms with Crippen molar-refractivity contribution in [1.29, 1.82) is 0 Å². The number of morpholine rings is 1. The maximum atomic E-state index is 10.2. The van der Waals surface area contributed by atoms with Crippen LogP contribution in [0.3, 0.4) is 0 Å². The number of hydrogen-bond donors (Lipinski definition) is 1. The predicted molar refractivity (Wildman–Crippen MR) is 70.6 cm³/mol. The Kier molecular flexibility index (Phi) is 4.56. The van der Waals surface area contributed by atoms with Gasteiger partial charge in [-0.25, -0.2) is 0 Å². The zero-order valence-electron chi connectivity index (χ0n) is 10.6. The fraction of sp³-hybridized carbons (Fsp3) is 0.692. The highest BCUT2D eigenvalue weighted by molar-refractivity contribution is 7.11. The molecule has 0 bridgehead atoms. The van der Waals surface area contributed by atoms with Gasteiger partial charge in [0.2, 0.25) is 0 Å². The number of aryl methyl sites for hydroxylation is 1. The molecule has 0 spiro atoms. The number of likely N-dealkylation sites (N-methyl/N-ethyl adjacent to an activating group) is 1. The van der Waals surface area contributed by atoms with E-state index >= 15 is 0 Å². The first-order chi connectivity index (χ1) is 8.19. The van der Waals surface area contributed by atoms with E-state index in [0.29, 0.717) is 6.42 Å². The minimum atomic E-state index is -0.388. The molecule has 2 rings (SSSR count). The van der Waals surface area contributed by atoms with Crippen molar-refractivity contribution in [2.24, 2.45) is 0 Å².